The van der Waals surface area contributed by atoms with E-state index in [1.807, 2.05) is 0 Å². The second-order valence-electron chi connectivity index (χ2n) is 6.94. The first kappa shape index (κ1) is 14.3. The molecule has 3 fully saturated rings. The van der Waals surface area contributed by atoms with Gasteiger partial charge in [0.1, 0.15) is 0 Å². The van der Waals surface area contributed by atoms with Crippen LogP contribution in [0.1, 0.15) is 39.0 Å². The predicted molar refractivity (Wildman–Crippen MR) is 80.2 cm³/mol. The minimum Gasteiger partial charge on any atom is -0.340 e. The van der Waals surface area contributed by atoms with Gasteiger partial charge in [0.25, 0.3) is 0 Å². The lowest BCUT2D eigenvalue weighted by Crippen LogP contribution is -2.54. The van der Waals surface area contributed by atoms with E-state index in [9.17, 15) is 4.79 Å². The molecule has 2 bridgehead atoms. The lowest BCUT2D eigenvalue weighted by Gasteiger charge is -2.40. The molecule has 4 heteroatoms. The van der Waals surface area contributed by atoms with Gasteiger partial charge >= 0.3 is 0 Å². The van der Waals surface area contributed by atoms with Gasteiger partial charge in [-0.1, -0.05) is 13.3 Å². The number of nitrogens with zero attached hydrogens (tertiary/aromatic N) is 2. The molecular weight excluding hydrogens is 250 g/mol. The summed E-state index contributed by atoms with van der Waals surface area (Å²) in [6.45, 7) is 6.75. The Bertz CT molecular complexity index is 348. The molecule has 114 valence electrons. The van der Waals surface area contributed by atoms with Crippen LogP contribution in [0.15, 0.2) is 0 Å². The molecule has 1 heterocycles. The lowest BCUT2D eigenvalue weighted by atomic mass is 9.87. The van der Waals surface area contributed by atoms with Crippen molar-refractivity contribution in [3.05, 3.63) is 0 Å². The Kier molecular flexibility index (Phi) is 4.32. The van der Waals surface area contributed by atoms with Crippen molar-refractivity contribution in [1.82, 2.24) is 9.80 Å². The number of piperazine rings is 1. The molecule has 0 aromatic carbocycles. The molecular formula is C16H29N3O. The molecule has 4 nitrogen and oxygen atoms in total. The van der Waals surface area contributed by atoms with Gasteiger partial charge in [-0.15, -0.1) is 0 Å². The molecule has 0 spiro atoms. The summed E-state index contributed by atoms with van der Waals surface area (Å²) >= 11 is 0. The summed E-state index contributed by atoms with van der Waals surface area (Å²) in [5.74, 6) is 2.38. The molecule has 1 aliphatic heterocycles. The largest absolute Gasteiger partial charge is 0.340 e. The Morgan fingerprint density at radius 2 is 1.95 bits per heavy atom. The molecule has 2 saturated carbocycles. The summed E-state index contributed by atoms with van der Waals surface area (Å²) in [5, 5.41) is 0. The van der Waals surface area contributed by atoms with Gasteiger partial charge in [-0.05, 0) is 37.5 Å². The molecule has 3 aliphatic rings. The van der Waals surface area contributed by atoms with Gasteiger partial charge in [-0.25, -0.2) is 0 Å². The van der Waals surface area contributed by atoms with E-state index in [2.05, 4.69) is 16.7 Å². The highest BCUT2D eigenvalue weighted by Crippen LogP contribution is 2.48. The highest BCUT2D eigenvalue weighted by atomic mass is 16.2. The zero-order valence-electron chi connectivity index (χ0n) is 12.8. The van der Waals surface area contributed by atoms with E-state index in [-0.39, 0.29) is 0 Å². The van der Waals surface area contributed by atoms with Gasteiger partial charge in [-0.2, -0.15) is 0 Å². The van der Waals surface area contributed by atoms with Crippen LogP contribution in [-0.4, -0.2) is 54.5 Å². The molecule has 1 amide bonds. The van der Waals surface area contributed by atoms with E-state index in [0.717, 1.165) is 45.1 Å². The first-order valence-electron chi connectivity index (χ1n) is 8.45. The third-order valence-corrected chi connectivity index (χ3v) is 5.94. The minimum atomic E-state index is 0.358. The third-order valence-electron chi connectivity index (χ3n) is 5.94. The molecule has 2 N–H and O–H groups in total. The summed E-state index contributed by atoms with van der Waals surface area (Å²) in [6, 6.07) is 0.495. The summed E-state index contributed by atoms with van der Waals surface area (Å²) in [6.07, 6.45) is 6.27. The van der Waals surface area contributed by atoms with Crippen molar-refractivity contribution in [3.63, 3.8) is 0 Å². The van der Waals surface area contributed by atoms with Gasteiger partial charge < -0.3 is 10.6 Å². The van der Waals surface area contributed by atoms with E-state index in [1.54, 1.807) is 0 Å². The van der Waals surface area contributed by atoms with Crippen molar-refractivity contribution in [2.75, 3.05) is 32.7 Å². The summed E-state index contributed by atoms with van der Waals surface area (Å²) in [4.78, 5) is 17.3. The number of nitrogens with two attached hydrogens (primary N) is 1. The van der Waals surface area contributed by atoms with Crippen molar-refractivity contribution in [2.45, 2.75) is 45.1 Å². The normalized spacial score (nSPS) is 35.5. The van der Waals surface area contributed by atoms with Crippen LogP contribution in [0, 0.1) is 17.8 Å². The highest BCUT2D eigenvalue weighted by molar-refractivity contribution is 5.79. The summed E-state index contributed by atoms with van der Waals surface area (Å²) in [5.41, 5.74) is 5.83. The monoisotopic (exact) mass is 279 g/mol. The molecule has 2 aliphatic carbocycles. The smallest absolute Gasteiger partial charge is 0.226 e. The fraction of sp³-hybridized carbons (Fsp3) is 0.938. The summed E-state index contributed by atoms with van der Waals surface area (Å²) in [7, 11) is 0. The number of hydrogen-bond acceptors (Lipinski definition) is 3. The lowest BCUT2D eigenvalue weighted by molar-refractivity contribution is -0.139. The van der Waals surface area contributed by atoms with Crippen molar-refractivity contribution in [3.8, 4) is 0 Å². The van der Waals surface area contributed by atoms with Crippen LogP contribution < -0.4 is 5.73 Å². The zero-order valence-corrected chi connectivity index (χ0v) is 12.8. The Labute approximate surface area is 122 Å². The van der Waals surface area contributed by atoms with Crippen LogP contribution in [0.5, 0.6) is 0 Å². The predicted octanol–water partition coefficient (Wildman–Crippen LogP) is 1.30. The molecule has 20 heavy (non-hydrogen) atoms. The number of carbonyl (C=O) groups excluding carboxylic acids is 1. The minimum absolute atomic E-state index is 0.358. The van der Waals surface area contributed by atoms with Gasteiger partial charge in [0.2, 0.25) is 5.91 Å². The van der Waals surface area contributed by atoms with Crippen LogP contribution >= 0.6 is 0 Å². The first-order valence-corrected chi connectivity index (χ1v) is 8.45. The molecule has 0 aromatic rings. The SMILES string of the molecule is CCC(CN)N1CCN(C(=O)C2CC3CCC2C3)CC1. The molecule has 0 aromatic heterocycles. The second kappa shape index (κ2) is 6.02. The molecule has 4 unspecified atom stereocenters. The second-order valence-corrected chi connectivity index (χ2v) is 6.94. The van der Waals surface area contributed by atoms with Crippen LogP contribution in [0.25, 0.3) is 0 Å². The number of carbonyl (C=O) groups is 1. The van der Waals surface area contributed by atoms with E-state index in [1.165, 1.54) is 25.7 Å². The molecule has 1 saturated heterocycles. The Balaban J connectivity index is 1.52. The van der Waals surface area contributed by atoms with Crippen LogP contribution in [0.3, 0.4) is 0 Å². The van der Waals surface area contributed by atoms with Crippen molar-refractivity contribution < 1.29 is 4.79 Å². The Hall–Kier alpha value is -0.610. The Morgan fingerprint density at radius 1 is 1.20 bits per heavy atom. The van der Waals surface area contributed by atoms with Gasteiger partial charge in [-0.3, -0.25) is 9.69 Å². The van der Waals surface area contributed by atoms with E-state index in [4.69, 9.17) is 5.73 Å². The number of rotatable bonds is 4. The fourth-order valence-electron chi connectivity index (χ4n) is 4.66. The molecule has 0 radical (unpaired) electrons. The maximum absolute atomic E-state index is 12.7. The number of fused-ring (bicyclic) bond motifs is 2. The van der Waals surface area contributed by atoms with Crippen LogP contribution in [0.4, 0.5) is 0 Å². The van der Waals surface area contributed by atoms with Gasteiger partial charge in [0.05, 0.1) is 0 Å². The standard InChI is InChI=1S/C16H29N3O/c1-2-14(11-17)18-5-7-19(8-6-18)16(20)15-10-12-3-4-13(15)9-12/h12-15H,2-11,17H2,1H3. The maximum Gasteiger partial charge on any atom is 0.226 e. The maximum atomic E-state index is 12.7. The van der Waals surface area contributed by atoms with Crippen molar-refractivity contribution in [1.29, 1.82) is 0 Å². The molecule has 3 rings (SSSR count). The molecule has 4 atom stereocenters. The fourth-order valence-corrected chi connectivity index (χ4v) is 4.66. The van der Waals surface area contributed by atoms with E-state index in [0.29, 0.717) is 23.8 Å². The van der Waals surface area contributed by atoms with Crippen LogP contribution in [-0.2, 0) is 4.79 Å². The van der Waals surface area contributed by atoms with E-state index >= 15 is 0 Å². The Morgan fingerprint density at radius 3 is 2.45 bits per heavy atom. The third kappa shape index (κ3) is 2.60. The zero-order chi connectivity index (χ0) is 14.1. The average Bonchev–Trinajstić information content (AvgIpc) is 3.11. The first-order chi connectivity index (χ1) is 9.72. The topological polar surface area (TPSA) is 49.6 Å². The van der Waals surface area contributed by atoms with Crippen LogP contribution in [0.2, 0.25) is 0 Å². The summed E-state index contributed by atoms with van der Waals surface area (Å²) < 4.78 is 0. The van der Waals surface area contributed by atoms with Crippen molar-refractivity contribution in [2.24, 2.45) is 23.5 Å². The van der Waals surface area contributed by atoms with Crippen molar-refractivity contribution >= 4 is 5.91 Å². The van der Waals surface area contributed by atoms with Gasteiger partial charge in [0, 0.05) is 44.7 Å². The van der Waals surface area contributed by atoms with Gasteiger partial charge in [0.15, 0.2) is 0 Å². The quantitative estimate of drug-likeness (QED) is 0.844. The highest BCUT2D eigenvalue weighted by Gasteiger charge is 2.44. The van der Waals surface area contributed by atoms with E-state index < -0.39 is 0 Å². The average molecular weight is 279 g/mol. The number of hydrogen-bond donors (Lipinski definition) is 1. The number of amides is 1.